The standard InChI is InChI=1S/C15H28BNO3/c1-13(2,3)12(18)17-9-10-8-11(10)16-19-14(4,5)15(6,7)20-16/h10-11H,8-9H2,1-7H3,(H,17,18)/t10-,11+/m0/s1. The summed E-state index contributed by atoms with van der Waals surface area (Å²) in [6, 6.07) is 0. The molecule has 0 unspecified atom stereocenters. The van der Waals surface area contributed by atoms with Crippen LogP contribution in [0, 0.1) is 11.3 Å². The largest absolute Gasteiger partial charge is 0.461 e. The fraction of sp³-hybridized carbons (Fsp3) is 0.933. The van der Waals surface area contributed by atoms with Crippen molar-refractivity contribution in [2.45, 2.75) is 71.9 Å². The Kier molecular flexibility index (Phi) is 3.75. The lowest BCUT2D eigenvalue weighted by Gasteiger charge is -2.32. The Balaban J connectivity index is 1.81. The predicted octanol–water partition coefficient (Wildman–Crippen LogP) is 2.63. The molecule has 0 aromatic heterocycles. The van der Waals surface area contributed by atoms with E-state index in [1.165, 1.54) is 0 Å². The first-order valence-corrected chi connectivity index (χ1v) is 7.58. The van der Waals surface area contributed by atoms with E-state index in [2.05, 4.69) is 33.0 Å². The maximum Gasteiger partial charge on any atom is 0.461 e. The molecule has 0 aromatic carbocycles. The van der Waals surface area contributed by atoms with Gasteiger partial charge in [0.1, 0.15) is 0 Å². The number of nitrogens with one attached hydrogen (secondary N) is 1. The number of hydrogen-bond acceptors (Lipinski definition) is 3. The van der Waals surface area contributed by atoms with Crippen LogP contribution < -0.4 is 5.32 Å². The van der Waals surface area contributed by atoms with Crippen LogP contribution in [0.5, 0.6) is 0 Å². The fourth-order valence-corrected chi connectivity index (χ4v) is 2.39. The first-order chi connectivity index (χ1) is 8.94. The fourth-order valence-electron chi connectivity index (χ4n) is 2.39. The minimum atomic E-state index is -0.325. The molecule has 20 heavy (non-hydrogen) atoms. The molecule has 4 nitrogen and oxygen atoms in total. The van der Waals surface area contributed by atoms with Crippen LogP contribution in [0.3, 0.4) is 0 Å². The number of carbonyl (C=O) groups is 1. The average Bonchev–Trinajstić information content (AvgIpc) is 2.97. The third-order valence-corrected chi connectivity index (χ3v) is 4.80. The van der Waals surface area contributed by atoms with Crippen LogP contribution in [0.2, 0.25) is 5.82 Å². The summed E-state index contributed by atoms with van der Waals surface area (Å²) in [4.78, 5) is 11.9. The molecular weight excluding hydrogens is 253 g/mol. The van der Waals surface area contributed by atoms with E-state index >= 15 is 0 Å². The van der Waals surface area contributed by atoms with Crippen molar-refractivity contribution in [3.63, 3.8) is 0 Å². The first kappa shape index (κ1) is 15.8. The Bertz CT molecular complexity index is 384. The van der Waals surface area contributed by atoms with Gasteiger partial charge in [0.2, 0.25) is 5.91 Å². The second-order valence-electron chi connectivity index (χ2n) is 8.24. The lowest BCUT2D eigenvalue weighted by molar-refractivity contribution is -0.128. The normalized spacial score (nSPS) is 31.2. The molecule has 1 aliphatic heterocycles. The maximum atomic E-state index is 11.9. The molecule has 2 atom stereocenters. The summed E-state index contributed by atoms with van der Waals surface area (Å²) < 4.78 is 12.1. The predicted molar refractivity (Wildman–Crippen MR) is 80.4 cm³/mol. The van der Waals surface area contributed by atoms with Gasteiger partial charge in [-0.3, -0.25) is 4.79 Å². The summed E-state index contributed by atoms with van der Waals surface area (Å²) in [5, 5.41) is 3.03. The van der Waals surface area contributed by atoms with Crippen LogP contribution in [0.1, 0.15) is 54.9 Å². The smallest absolute Gasteiger partial charge is 0.403 e. The molecule has 0 bridgehead atoms. The molecule has 0 radical (unpaired) electrons. The van der Waals surface area contributed by atoms with E-state index in [-0.39, 0.29) is 29.6 Å². The van der Waals surface area contributed by atoms with Crippen LogP contribution in [-0.4, -0.2) is 30.8 Å². The maximum absolute atomic E-state index is 11.9. The van der Waals surface area contributed by atoms with Gasteiger partial charge in [-0.2, -0.15) is 0 Å². The summed E-state index contributed by atoms with van der Waals surface area (Å²) in [7, 11) is -0.128. The number of hydrogen-bond donors (Lipinski definition) is 1. The van der Waals surface area contributed by atoms with Crippen molar-refractivity contribution in [2.24, 2.45) is 11.3 Å². The lowest BCUT2D eigenvalue weighted by Crippen LogP contribution is -2.41. The molecule has 2 rings (SSSR count). The Morgan fingerprint density at radius 2 is 1.70 bits per heavy atom. The van der Waals surface area contributed by atoms with Crippen molar-refractivity contribution in [3.05, 3.63) is 0 Å². The first-order valence-electron chi connectivity index (χ1n) is 7.58. The minimum absolute atomic E-state index is 0.108. The highest BCUT2D eigenvalue weighted by molar-refractivity contribution is 6.48. The Morgan fingerprint density at radius 3 is 2.15 bits per heavy atom. The van der Waals surface area contributed by atoms with Gasteiger partial charge in [-0.05, 0) is 45.9 Å². The minimum Gasteiger partial charge on any atom is -0.403 e. The quantitative estimate of drug-likeness (QED) is 0.809. The Hall–Kier alpha value is -0.545. The summed E-state index contributed by atoms with van der Waals surface area (Å²) in [6.45, 7) is 14.8. The van der Waals surface area contributed by atoms with Crippen molar-refractivity contribution >= 4 is 13.0 Å². The summed E-state index contributed by atoms with van der Waals surface area (Å²) in [5.41, 5.74) is -0.854. The topological polar surface area (TPSA) is 47.6 Å². The van der Waals surface area contributed by atoms with E-state index in [0.29, 0.717) is 11.7 Å². The molecule has 1 saturated carbocycles. The molecule has 1 aliphatic carbocycles. The van der Waals surface area contributed by atoms with E-state index in [0.717, 1.165) is 13.0 Å². The molecule has 1 N–H and O–H groups in total. The molecule has 2 aliphatic rings. The van der Waals surface area contributed by atoms with E-state index in [4.69, 9.17) is 9.31 Å². The third-order valence-electron chi connectivity index (χ3n) is 4.80. The van der Waals surface area contributed by atoms with Crippen LogP contribution in [0.4, 0.5) is 0 Å². The molecule has 1 amide bonds. The zero-order valence-corrected chi connectivity index (χ0v) is 13.9. The van der Waals surface area contributed by atoms with Crippen molar-refractivity contribution in [1.29, 1.82) is 0 Å². The van der Waals surface area contributed by atoms with Gasteiger partial charge in [0.05, 0.1) is 11.2 Å². The highest BCUT2D eigenvalue weighted by atomic mass is 16.7. The van der Waals surface area contributed by atoms with E-state index in [9.17, 15) is 4.79 Å². The number of rotatable bonds is 3. The molecule has 1 saturated heterocycles. The second kappa shape index (κ2) is 4.74. The van der Waals surface area contributed by atoms with E-state index in [1.807, 2.05) is 20.8 Å². The average molecular weight is 281 g/mol. The van der Waals surface area contributed by atoms with Gasteiger partial charge in [-0.25, -0.2) is 0 Å². The van der Waals surface area contributed by atoms with E-state index < -0.39 is 0 Å². The third kappa shape index (κ3) is 3.04. The van der Waals surface area contributed by atoms with E-state index in [1.54, 1.807) is 0 Å². The van der Waals surface area contributed by atoms with Gasteiger partial charge in [0.25, 0.3) is 0 Å². The van der Waals surface area contributed by atoms with Crippen molar-refractivity contribution in [3.8, 4) is 0 Å². The molecule has 2 fully saturated rings. The van der Waals surface area contributed by atoms with Crippen LogP contribution >= 0.6 is 0 Å². The molecular formula is C15H28BNO3. The number of amides is 1. The summed E-state index contributed by atoms with van der Waals surface area (Å²) in [6.07, 6.45) is 1.07. The van der Waals surface area contributed by atoms with Crippen molar-refractivity contribution < 1.29 is 14.1 Å². The SMILES string of the molecule is CC(C)(C)C(=O)NC[C@@H]1C[C@H]1B1OC(C)(C)C(C)(C)O1. The highest BCUT2D eigenvalue weighted by Crippen LogP contribution is 2.52. The zero-order chi connectivity index (χ0) is 15.3. The zero-order valence-electron chi connectivity index (χ0n) is 13.9. The van der Waals surface area contributed by atoms with Gasteiger partial charge in [0.15, 0.2) is 0 Å². The lowest BCUT2D eigenvalue weighted by atomic mass is 9.80. The second-order valence-corrected chi connectivity index (χ2v) is 8.24. The highest BCUT2D eigenvalue weighted by Gasteiger charge is 2.59. The van der Waals surface area contributed by atoms with Crippen LogP contribution in [0.15, 0.2) is 0 Å². The van der Waals surface area contributed by atoms with Crippen LogP contribution in [0.25, 0.3) is 0 Å². The van der Waals surface area contributed by atoms with Crippen molar-refractivity contribution in [2.75, 3.05) is 6.54 Å². The van der Waals surface area contributed by atoms with Gasteiger partial charge < -0.3 is 14.6 Å². The van der Waals surface area contributed by atoms with Gasteiger partial charge in [0, 0.05) is 12.0 Å². The van der Waals surface area contributed by atoms with Gasteiger partial charge in [-0.1, -0.05) is 20.8 Å². The van der Waals surface area contributed by atoms with Gasteiger partial charge >= 0.3 is 7.12 Å². The summed E-state index contributed by atoms with van der Waals surface area (Å²) >= 11 is 0. The molecule has 114 valence electrons. The van der Waals surface area contributed by atoms with Gasteiger partial charge in [-0.15, -0.1) is 0 Å². The summed E-state index contributed by atoms with van der Waals surface area (Å²) in [5.74, 6) is 1.00. The molecule has 1 heterocycles. The Morgan fingerprint density at radius 1 is 1.20 bits per heavy atom. The Labute approximate surface area is 123 Å². The van der Waals surface area contributed by atoms with Crippen LogP contribution in [-0.2, 0) is 14.1 Å². The molecule has 0 aromatic rings. The number of carbonyl (C=O) groups excluding carboxylic acids is 1. The van der Waals surface area contributed by atoms with Crippen molar-refractivity contribution in [1.82, 2.24) is 5.32 Å². The monoisotopic (exact) mass is 281 g/mol. The molecule has 5 heteroatoms. The molecule has 0 spiro atoms.